The summed E-state index contributed by atoms with van der Waals surface area (Å²) in [5, 5.41) is 4.10. The molecule has 0 saturated carbocycles. The van der Waals surface area contributed by atoms with Crippen molar-refractivity contribution in [3.63, 3.8) is 0 Å². The van der Waals surface area contributed by atoms with Crippen LogP contribution in [0.4, 0.5) is 0 Å². The van der Waals surface area contributed by atoms with Gasteiger partial charge in [-0.3, -0.25) is 9.48 Å². The van der Waals surface area contributed by atoms with E-state index >= 15 is 0 Å². The Morgan fingerprint density at radius 1 is 1.09 bits per heavy atom. The van der Waals surface area contributed by atoms with Gasteiger partial charge in [0.2, 0.25) is 0 Å². The van der Waals surface area contributed by atoms with E-state index in [2.05, 4.69) is 11.0 Å². The van der Waals surface area contributed by atoms with E-state index in [1.54, 1.807) is 10.7 Å². The van der Waals surface area contributed by atoms with Gasteiger partial charge in [0.05, 0.1) is 26.4 Å². The second-order valence-corrected chi connectivity index (χ2v) is 4.66. The summed E-state index contributed by atoms with van der Waals surface area (Å²) < 4.78 is 17.7. The number of aryl methyl sites for hydroxylation is 1. The molecule has 0 unspecified atom stereocenters. The molecule has 22 heavy (non-hydrogen) atoms. The number of hydrogen-bond acceptors (Lipinski definition) is 5. The van der Waals surface area contributed by atoms with Crippen LogP contribution in [-0.4, -0.2) is 55.7 Å². The molecule has 0 aromatic carbocycles. The lowest BCUT2D eigenvalue weighted by atomic mass is 10.2. The molecule has 1 rings (SSSR count). The third-order valence-electron chi connectivity index (χ3n) is 2.89. The molecule has 0 bridgehead atoms. The van der Waals surface area contributed by atoms with Crippen LogP contribution in [0.1, 0.15) is 29.8 Å². The van der Waals surface area contributed by atoms with Gasteiger partial charge in [0.25, 0.3) is 0 Å². The van der Waals surface area contributed by atoms with Crippen molar-refractivity contribution in [3.8, 4) is 12.3 Å². The number of hydrogen-bond donors (Lipinski definition) is 0. The molecule has 1 aromatic heterocycles. The molecule has 0 aliphatic rings. The first-order valence-corrected chi connectivity index (χ1v) is 7.52. The second-order valence-electron chi connectivity index (χ2n) is 4.66. The lowest BCUT2D eigenvalue weighted by Crippen LogP contribution is -2.10. The normalized spacial score (nSPS) is 10.5. The highest BCUT2D eigenvalue weighted by Crippen LogP contribution is 2.00. The Hall–Kier alpha value is -1.68. The molecular formula is C16H24N2O4. The van der Waals surface area contributed by atoms with Gasteiger partial charge in [-0.1, -0.05) is 5.92 Å². The molecule has 0 amide bonds. The Labute approximate surface area is 131 Å². The zero-order valence-corrected chi connectivity index (χ0v) is 12.9. The monoisotopic (exact) mass is 308 g/mol. The van der Waals surface area contributed by atoms with Gasteiger partial charge in [-0.15, -0.1) is 6.42 Å². The van der Waals surface area contributed by atoms with Crippen LogP contribution >= 0.6 is 0 Å². The van der Waals surface area contributed by atoms with Crippen LogP contribution in [0.3, 0.4) is 0 Å². The highest BCUT2D eigenvalue weighted by atomic mass is 16.5. The van der Waals surface area contributed by atoms with Gasteiger partial charge < -0.3 is 14.2 Å². The lowest BCUT2D eigenvalue weighted by Gasteiger charge is -2.06. The zero-order valence-electron chi connectivity index (χ0n) is 12.9. The molecule has 6 nitrogen and oxygen atoms in total. The average molecular weight is 308 g/mol. The van der Waals surface area contributed by atoms with Crippen LogP contribution in [0.2, 0.25) is 0 Å². The topological polar surface area (TPSA) is 62.6 Å². The first kappa shape index (κ1) is 18.4. The van der Waals surface area contributed by atoms with E-state index in [0.29, 0.717) is 38.7 Å². The summed E-state index contributed by atoms with van der Waals surface area (Å²) in [6, 6.07) is 1.72. The molecule has 0 atom stereocenters. The van der Waals surface area contributed by atoms with Crippen molar-refractivity contribution in [3.05, 3.63) is 18.0 Å². The summed E-state index contributed by atoms with van der Waals surface area (Å²) >= 11 is 0. The minimum Gasteiger partial charge on any atom is -0.379 e. The molecule has 0 fully saturated rings. The van der Waals surface area contributed by atoms with E-state index < -0.39 is 0 Å². The molecule has 0 saturated heterocycles. The molecular weight excluding hydrogens is 284 g/mol. The van der Waals surface area contributed by atoms with Crippen LogP contribution in [0.25, 0.3) is 0 Å². The molecule has 0 spiro atoms. The summed E-state index contributed by atoms with van der Waals surface area (Å²) in [5.41, 5.74) is 0.480. The number of aldehydes is 1. The SMILES string of the molecule is C#CCOCCOCCOCCCCCn1ccc(C=O)n1. The van der Waals surface area contributed by atoms with Crippen molar-refractivity contribution in [2.45, 2.75) is 25.8 Å². The fourth-order valence-corrected chi connectivity index (χ4v) is 1.79. The highest BCUT2D eigenvalue weighted by molar-refractivity contribution is 5.71. The van der Waals surface area contributed by atoms with Crippen LogP contribution in [0.15, 0.2) is 12.3 Å². The van der Waals surface area contributed by atoms with Crippen molar-refractivity contribution in [1.29, 1.82) is 0 Å². The summed E-state index contributed by atoms with van der Waals surface area (Å²) in [5.74, 6) is 2.39. The standard InChI is InChI=1S/C16H24N2O4/c1-2-9-20-11-13-22-14-12-21-10-5-3-4-7-18-8-6-16(15-19)17-18/h1,6,8,15H,3-5,7,9-14H2. The van der Waals surface area contributed by atoms with Gasteiger partial charge in [0.15, 0.2) is 6.29 Å². The van der Waals surface area contributed by atoms with Gasteiger partial charge in [-0.25, -0.2) is 0 Å². The largest absolute Gasteiger partial charge is 0.379 e. The third-order valence-corrected chi connectivity index (χ3v) is 2.89. The number of nitrogens with zero attached hydrogens (tertiary/aromatic N) is 2. The summed E-state index contributed by atoms with van der Waals surface area (Å²) in [7, 11) is 0. The Balaban J connectivity index is 1.80. The number of terminal acetylenes is 1. The summed E-state index contributed by atoms with van der Waals surface area (Å²) in [6.45, 7) is 4.11. The fourth-order valence-electron chi connectivity index (χ4n) is 1.79. The van der Waals surface area contributed by atoms with Crippen molar-refractivity contribution < 1.29 is 19.0 Å². The predicted octanol–water partition coefficient (Wildman–Crippen LogP) is 1.55. The number of rotatable bonds is 14. The molecule has 6 heteroatoms. The molecule has 122 valence electrons. The number of aromatic nitrogens is 2. The summed E-state index contributed by atoms with van der Waals surface area (Å²) in [4.78, 5) is 10.5. The van der Waals surface area contributed by atoms with E-state index in [0.717, 1.165) is 38.7 Å². The predicted molar refractivity (Wildman–Crippen MR) is 82.8 cm³/mol. The number of ether oxygens (including phenoxy) is 3. The van der Waals surface area contributed by atoms with Crippen molar-refractivity contribution in [2.24, 2.45) is 0 Å². The quantitative estimate of drug-likeness (QED) is 0.296. The van der Waals surface area contributed by atoms with Crippen molar-refractivity contribution >= 4 is 6.29 Å². The van der Waals surface area contributed by atoms with Gasteiger partial charge in [0.1, 0.15) is 12.3 Å². The fraction of sp³-hybridized carbons (Fsp3) is 0.625. The van der Waals surface area contributed by atoms with Crippen LogP contribution in [0.5, 0.6) is 0 Å². The average Bonchev–Trinajstić information content (AvgIpc) is 3.00. The lowest BCUT2D eigenvalue weighted by molar-refractivity contribution is 0.0195. The number of unbranched alkanes of at least 4 members (excludes halogenated alkanes) is 2. The minimum absolute atomic E-state index is 0.328. The molecule has 0 radical (unpaired) electrons. The molecule has 1 heterocycles. The van der Waals surface area contributed by atoms with Crippen LogP contribution in [0, 0.1) is 12.3 Å². The third kappa shape index (κ3) is 9.29. The Morgan fingerprint density at radius 3 is 2.50 bits per heavy atom. The number of carbonyl (C=O) groups excluding carboxylic acids is 1. The first-order valence-electron chi connectivity index (χ1n) is 7.52. The van der Waals surface area contributed by atoms with Crippen LogP contribution in [-0.2, 0) is 20.8 Å². The molecule has 1 aromatic rings. The van der Waals surface area contributed by atoms with Crippen molar-refractivity contribution in [1.82, 2.24) is 9.78 Å². The van der Waals surface area contributed by atoms with E-state index in [-0.39, 0.29) is 0 Å². The Morgan fingerprint density at radius 2 is 1.82 bits per heavy atom. The summed E-state index contributed by atoms with van der Waals surface area (Å²) in [6.07, 6.45) is 10.7. The van der Waals surface area contributed by atoms with E-state index in [1.807, 2.05) is 6.20 Å². The highest BCUT2D eigenvalue weighted by Gasteiger charge is 1.97. The molecule has 0 N–H and O–H groups in total. The van der Waals surface area contributed by atoms with Gasteiger partial charge in [-0.05, 0) is 25.3 Å². The maximum Gasteiger partial charge on any atom is 0.170 e. The molecule has 0 aliphatic carbocycles. The van der Waals surface area contributed by atoms with Gasteiger partial charge in [-0.2, -0.15) is 5.10 Å². The van der Waals surface area contributed by atoms with Gasteiger partial charge >= 0.3 is 0 Å². The first-order chi connectivity index (χ1) is 10.9. The smallest absolute Gasteiger partial charge is 0.170 e. The minimum atomic E-state index is 0.328. The van der Waals surface area contributed by atoms with E-state index in [1.165, 1.54) is 0 Å². The number of carbonyl (C=O) groups is 1. The second kappa shape index (κ2) is 13.0. The van der Waals surface area contributed by atoms with E-state index in [4.69, 9.17) is 20.6 Å². The Kier molecular flexibility index (Phi) is 10.9. The van der Waals surface area contributed by atoms with Gasteiger partial charge in [0, 0.05) is 19.3 Å². The zero-order chi connectivity index (χ0) is 15.9. The van der Waals surface area contributed by atoms with Crippen molar-refractivity contribution in [2.75, 3.05) is 39.6 Å². The van der Waals surface area contributed by atoms with E-state index in [9.17, 15) is 4.79 Å². The maximum absolute atomic E-state index is 10.5. The maximum atomic E-state index is 10.5. The van der Waals surface area contributed by atoms with Crippen LogP contribution < -0.4 is 0 Å². The molecule has 0 aliphatic heterocycles. The Bertz CT molecular complexity index is 440.